The van der Waals surface area contributed by atoms with Crippen molar-refractivity contribution in [3.8, 4) is 28.4 Å². The SMILES string of the molecule is O=C(CCO)Nc1cccc(-c2ccc(O)c(O)c2O)c1. The number of aliphatic hydroxyl groups is 1. The summed E-state index contributed by atoms with van der Waals surface area (Å²) in [6.07, 6.45) is -0.00449. The molecule has 0 bridgehead atoms. The molecule has 6 nitrogen and oxygen atoms in total. The van der Waals surface area contributed by atoms with Gasteiger partial charge in [0.05, 0.1) is 13.0 Å². The van der Waals surface area contributed by atoms with Crippen molar-refractivity contribution in [3.05, 3.63) is 36.4 Å². The maximum atomic E-state index is 11.4. The maximum absolute atomic E-state index is 11.4. The van der Waals surface area contributed by atoms with Crippen molar-refractivity contribution in [1.29, 1.82) is 0 Å². The van der Waals surface area contributed by atoms with Gasteiger partial charge in [-0.05, 0) is 29.8 Å². The molecule has 0 unspecified atom stereocenters. The topological polar surface area (TPSA) is 110 Å². The number of amides is 1. The van der Waals surface area contributed by atoms with Gasteiger partial charge in [-0.1, -0.05) is 12.1 Å². The average molecular weight is 289 g/mol. The highest BCUT2D eigenvalue weighted by molar-refractivity contribution is 5.91. The molecular formula is C15H15NO5. The molecule has 2 aromatic carbocycles. The fourth-order valence-electron chi connectivity index (χ4n) is 1.89. The highest BCUT2D eigenvalue weighted by Gasteiger charge is 2.13. The Kier molecular flexibility index (Phi) is 4.30. The largest absolute Gasteiger partial charge is 0.504 e. The summed E-state index contributed by atoms with van der Waals surface area (Å²) in [5, 5.41) is 40.0. The Balaban J connectivity index is 2.33. The van der Waals surface area contributed by atoms with Gasteiger partial charge in [0, 0.05) is 11.3 Å². The molecule has 0 aliphatic heterocycles. The number of carbonyl (C=O) groups is 1. The summed E-state index contributed by atoms with van der Waals surface area (Å²) in [6.45, 7) is -0.238. The van der Waals surface area contributed by atoms with Crippen LogP contribution >= 0.6 is 0 Å². The molecule has 0 aliphatic rings. The normalized spacial score (nSPS) is 10.3. The number of aromatic hydroxyl groups is 3. The highest BCUT2D eigenvalue weighted by Crippen LogP contribution is 2.42. The predicted octanol–water partition coefficient (Wildman–Crippen LogP) is 1.79. The number of phenols is 3. The van der Waals surface area contributed by atoms with E-state index in [0.29, 0.717) is 16.8 Å². The molecule has 2 aromatic rings. The number of aliphatic hydroxyl groups excluding tert-OH is 1. The minimum Gasteiger partial charge on any atom is -0.504 e. The Morgan fingerprint density at radius 2 is 1.81 bits per heavy atom. The zero-order valence-corrected chi connectivity index (χ0v) is 11.1. The number of hydrogen-bond donors (Lipinski definition) is 5. The molecule has 0 radical (unpaired) electrons. The van der Waals surface area contributed by atoms with Crippen LogP contribution in [0.25, 0.3) is 11.1 Å². The standard InChI is InChI=1S/C15H15NO5/c17-7-6-13(19)16-10-3-1-2-9(8-10)11-4-5-12(18)15(21)14(11)20/h1-5,8,17-18,20-21H,6-7H2,(H,16,19). The van der Waals surface area contributed by atoms with Crippen molar-refractivity contribution < 1.29 is 25.2 Å². The first-order chi connectivity index (χ1) is 10.0. The number of phenolic OH excluding ortho intramolecular Hbond substituents is 3. The summed E-state index contributed by atoms with van der Waals surface area (Å²) in [5.74, 6) is -1.77. The van der Waals surface area contributed by atoms with Crippen LogP contribution in [-0.2, 0) is 4.79 Å². The molecule has 6 heteroatoms. The van der Waals surface area contributed by atoms with E-state index in [0.717, 1.165) is 0 Å². The number of carbonyl (C=O) groups excluding carboxylic acids is 1. The Hall–Kier alpha value is -2.73. The van der Waals surface area contributed by atoms with Crippen LogP contribution in [0, 0.1) is 0 Å². The van der Waals surface area contributed by atoms with Gasteiger partial charge in [0.15, 0.2) is 11.5 Å². The quantitative estimate of drug-likeness (QED) is 0.551. The smallest absolute Gasteiger partial charge is 0.226 e. The van der Waals surface area contributed by atoms with E-state index in [1.54, 1.807) is 24.3 Å². The van der Waals surface area contributed by atoms with Crippen molar-refractivity contribution in [1.82, 2.24) is 0 Å². The van der Waals surface area contributed by atoms with E-state index in [1.165, 1.54) is 12.1 Å². The van der Waals surface area contributed by atoms with E-state index in [-0.39, 0.29) is 18.9 Å². The average Bonchev–Trinajstić information content (AvgIpc) is 2.45. The van der Waals surface area contributed by atoms with Crippen molar-refractivity contribution in [3.63, 3.8) is 0 Å². The zero-order valence-electron chi connectivity index (χ0n) is 11.1. The number of rotatable bonds is 4. The molecular weight excluding hydrogens is 274 g/mol. The molecule has 2 rings (SSSR count). The van der Waals surface area contributed by atoms with Gasteiger partial charge in [-0.15, -0.1) is 0 Å². The number of hydrogen-bond acceptors (Lipinski definition) is 5. The Labute approximate surface area is 120 Å². The van der Waals surface area contributed by atoms with Gasteiger partial charge in [-0.25, -0.2) is 0 Å². The van der Waals surface area contributed by atoms with Crippen LogP contribution in [0.15, 0.2) is 36.4 Å². The third-order valence-electron chi connectivity index (χ3n) is 2.93. The van der Waals surface area contributed by atoms with Crippen molar-refractivity contribution in [2.45, 2.75) is 6.42 Å². The monoisotopic (exact) mass is 289 g/mol. The summed E-state index contributed by atoms with van der Waals surface area (Å²) in [7, 11) is 0. The summed E-state index contributed by atoms with van der Waals surface area (Å²) < 4.78 is 0. The number of benzene rings is 2. The highest BCUT2D eigenvalue weighted by atomic mass is 16.3. The lowest BCUT2D eigenvalue weighted by Crippen LogP contribution is -2.12. The lowest BCUT2D eigenvalue weighted by Gasteiger charge is -2.10. The van der Waals surface area contributed by atoms with Gasteiger partial charge < -0.3 is 25.7 Å². The van der Waals surface area contributed by atoms with E-state index in [9.17, 15) is 20.1 Å². The molecule has 0 saturated carbocycles. The predicted molar refractivity (Wildman–Crippen MR) is 77.2 cm³/mol. The van der Waals surface area contributed by atoms with Gasteiger partial charge in [-0.3, -0.25) is 4.79 Å². The molecule has 0 saturated heterocycles. The second-order valence-electron chi connectivity index (χ2n) is 4.43. The lowest BCUT2D eigenvalue weighted by atomic mass is 10.0. The Morgan fingerprint density at radius 1 is 1.05 bits per heavy atom. The van der Waals surface area contributed by atoms with Gasteiger partial charge in [0.1, 0.15) is 0 Å². The fourth-order valence-corrected chi connectivity index (χ4v) is 1.89. The summed E-state index contributed by atoms with van der Waals surface area (Å²) >= 11 is 0. The molecule has 5 N–H and O–H groups in total. The van der Waals surface area contributed by atoms with Gasteiger partial charge in [0.25, 0.3) is 0 Å². The van der Waals surface area contributed by atoms with Gasteiger partial charge in [0.2, 0.25) is 11.7 Å². The van der Waals surface area contributed by atoms with Crippen LogP contribution in [0.4, 0.5) is 5.69 Å². The summed E-state index contributed by atoms with van der Waals surface area (Å²) in [5.41, 5.74) is 1.38. The van der Waals surface area contributed by atoms with Crippen LogP contribution in [0.3, 0.4) is 0 Å². The van der Waals surface area contributed by atoms with Crippen LogP contribution in [-0.4, -0.2) is 32.9 Å². The molecule has 1 amide bonds. The molecule has 0 spiro atoms. The van der Waals surface area contributed by atoms with Crippen LogP contribution < -0.4 is 5.32 Å². The van der Waals surface area contributed by atoms with E-state index in [1.807, 2.05) is 0 Å². The Morgan fingerprint density at radius 3 is 2.52 bits per heavy atom. The maximum Gasteiger partial charge on any atom is 0.226 e. The minimum atomic E-state index is -0.595. The first-order valence-corrected chi connectivity index (χ1v) is 6.28. The van der Waals surface area contributed by atoms with E-state index in [4.69, 9.17) is 5.11 Å². The first kappa shape index (κ1) is 14.7. The lowest BCUT2D eigenvalue weighted by molar-refractivity contribution is -0.116. The molecule has 0 aromatic heterocycles. The summed E-state index contributed by atoms with van der Waals surface area (Å²) in [4.78, 5) is 11.4. The van der Waals surface area contributed by atoms with E-state index >= 15 is 0 Å². The van der Waals surface area contributed by atoms with Gasteiger partial charge in [-0.2, -0.15) is 0 Å². The van der Waals surface area contributed by atoms with E-state index < -0.39 is 17.2 Å². The number of anilines is 1. The third kappa shape index (κ3) is 3.24. The Bertz CT molecular complexity index is 669. The van der Waals surface area contributed by atoms with Crippen molar-refractivity contribution in [2.75, 3.05) is 11.9 Å². The molecule has 21 heavy (non-hydrogen) atoms. The zero-order chi connectivity index (χ0) is 15.4. The molecule has 0 heterocycles. The third-order valence-corrected chi connectivity index (χ3v) is 2.93. The fraction of sp³-hybridized carbons (Fsp3) is 0.133. The van der Waals surface area contributed by atoms with Crippen LogP contribution in [0.2, 0.25) is 0 Å². The minimum absolute atomic E-state index is 0.00449. The van der Waals surface area contributed by atoms with Crippen molar-refractivity contribution in [2.24, 2.45) is 0 Å². The first-order valence-electron chi connectivity index (χ1n) is 6.28. The summed E-state index contributed by atoms with van der Waals surface area (Å²) in [6, 6.07) is 9.36. The second kappa shape index (κ2) is 6.15. The van der Waals surface area contributed by atoms with Crippen molar-refractivity contribution >= 4 is 11.6 Å². The van der Waals surface area contributed by atoms with E-state index in [2.05, 4.69) is 5.32 Å². The molecule has 110 valence electrons. The van der Waals surface area contributed by atoms with Crippen LogP contribution in [0.5, 0.6) is 17.2 Å². The van der Waals surface area contributed by atoms with Gasteiger partial charge >= 0.3 is 0 Å². The molecule has 0 fully saturated rings. The molecule has 0 aliphatic carbocycles. The van der Waals surface area contributed by atoms with Crippen LogP contribution in [0.1, 0.15) is 6.42 Å². The second-order valence-corrected chi connectivity index (χ2v) is 4.43. The number of nitrogens with one attached hydrogen (secondary N) is 1. The molecule has 0 atom stereocenters.